The molecule has 0 atom stereocenters. The molecule has 1 N–H and O–H groups in total. The lowest BCUT2D eigenvalue weighted by Crippen LogP contribution is -2.37. The predicted molar refractivity (Wildman–Crippen MR) is 72.2 cm³/mol. The number of rotatable bonds is 4. The van der Waals surface area contributed by atoms with Gasteiger partial charge in [-0.3, -0.25) is 4.99 Å². The molecule has 1 rings (SSSR count). The first-order chi connectivity index (χ1) is 7.74. The molecule has 0 saturated carbocycles. The summed E-state index contributed by atoms with van der Waals surface area (Å²) in [4.78, 5) is 7.44. The van der Waals surface area contributed by atoms with E-state index in [2.05, 4.69) is 34.6 Å². The van der Waals surface area contributed by atoms with Gasteiger partial charge in [0.25, 0.3) is 0 Å². The average Bonchev–Trinajstić information content (AvgIpc) is 2.30. The summed E-state index contributed by atoms with van der Waals surface area (Å²) in [5.74, 6) is 1.96. The fraction of sp³-hybridized carbons (Fsp3) is 0.417. The molecule has 0 amide bonds. The van der Waals surface area contributed by atoms with Crippen molar-refractivity contribution in [2.45, 2.75) is 4.90 Å². The summed E-state index contributed by atoms with van der Waals surface area (Å²) in [6.07, 6.45) is 0. The molecule has 0 spiro atoms. The van der Waals surface area contributed by atoms with Gasteiger partial charge in [0.05, 0.1) is 0 Å². The summed E-state index contributed by atoms with van der Waals surface area (Å²) >= 11 is 1.85. The third kappa shape index (κ3) is 4.57. The quantitative estimate of drug-likeness (QED) is 0.375. The van der Waals surface area contributed by atoms with Crippen LogP contribution in [0.4, 0.5) is 0 Å². The summed E-state index contributed by atoms with van der Waals surface area (Å²) in [6.45, 7) is 0.921. The van der Waals surface area contributed by atoms with Crippen LogP contribution in [0.3, 0.4) is 0 Å². The highest BCUT2D eigenvalue weighted by atomic mass is 32.2. The van der Waals surface area contributed by atoms with E-state index in [9.17, 15) is 0 Å². The van der Waals surface area contributed by atoms with Crippen molar-refractivity contribution < 1.29 is 0 Å². The molecule has 1 aromatic rings. The number of nitrogens with zero attached hydrogens (tertiary/aromatic N) is 2. The smallest absolute Gasteiger partial charge is 0.193 e. The normalized spacial score (nSPS) is 11.3. The van der Waals surface area contributed by atoms with Crippen molar-refractivity contribution in [3.63, 3.8) is 0 Å². The van der Waals surface area contributed by atoms with E-state index in [-0.39, 0.29) is 0 Å². The molecule has 0 saturated heterocycles. The largest absolute Gasteiger partial charge is 0.355 e. The van der Waals surface area contributed by atoms with Gasteiger partial charge in [0.1, 0.15) is 0 Å². The SMILES string of the molecule is CN=C(NCCSc1ccccc1)N(C)C. The Kier molecular flexibility index (Phi) is 5.78. The molecule has 0 aliphatic carbocycles. The van der Waals surface area contributed by atoms with Crippen molar-refractivity contribution >= 4 is 17.7 Å². The number of benzene rings is 1. The minimum absolute atomic E-state index is 0.921. The molecular formula is C12H19N3S. The Hall–Kier alpha value is -1.16. The van der Waals surface area contributed by atoms with Crippen molar-refractivity contribution in [3.8, 4) is 0 Å². The van der Waals surface area contributed by atoms with Gasteiger partial charge in [-0.1, -0.05) is 18.2 Å². The van der Waals surface area contributed by atoms with Gasteiger partial charge in [-0.25, -0.2) is 0 Å². The lowest BCUT2D eigenvalue weighted by atomic mass is 10.4. The molecule has 1 aromatic carbocycles. The van der Waals surface area contributed by atoms with E-state index >= 15 is 0 Å². The standard InChI is InChI=1S/C12H19N3S/c1-13-12(15(2)3)14-9-10-16-11-7-5-4-6-8-11/h4-8H,9-10H2,1-3H3,(H,13,14). The predicted octanol–water partition coefficient (Wildman–Crippen LogP) is 1.92. The number of aliphatic imine (C=N–C) groups is 1. The molecule has 88 valence electrons. The van der Waals surface area contributed by atoms with Gasteiger partial charge >= 0.3 is 0 Å². The molecule has 0 fully saturated rings. The fourth-order valence-corrected chi connectivity index (χ4v) is 2.08. The maximum absolute atomic E-state index is 4.15. The van der Waals surface area contributed by atoms with Gasteiger partial charge in [0.15, 0.2) is 5.96 Å². The zero-order valence-electron chi connectivity index (χ0n) is 10.1. The van der Waals surface area contributed by atoms with Crippen LogP contribution in [0.5, 0.6) is 0 Å². The van der Waals surface area contributed by atoms with E-state index in [0.29, 0.717) is 0 Å². The van der Waals surface area contributed by atoms with Crippen LogP contribution < -0.4 is 5.32 Å². The van der Waals surface area contributed by atoms with Crippen molar-refractivity contribution in [2.24, 2.45) is 4.99 Å². The molecule has 0 aliphatic rings. The Morgan fingerprint density at radius 1 is 1.31 bits per heavy atom. The summed E-state index contributed by atoms with van der Waals surface area (Å²) in [7, 11) is 5.77. The summed E-state index contributed by atoms with van der Waals surface area (Å²) in [5, 5.41) is 3.29. The van der Waals surface area contributed by atoms with Crippen LogP contribution in [0.25, 0.3) is 0 Å². The van der Waals surface area contributed by atoms with Crippen molar-refractivity contribution in [1.82, 2.24) is 10.2 Å². The molecule has 0 unspecified atom stereocenters. The van der Waals surface area contributed by atoms with Gasteiger partial charge in [-0.05, 0) is 12.1 Å². The van der Waals surface area contributed by atoms with Crippen LogP contribution >= 0.6 is 11.8 Å². The van der Waals surface area contributed by atoms with Gasteiger partial charge in [0.2, 0.25) is 0 Å². The number of hydrogen-bond acceptors (Lipinski definition) is 2. The molecule has 0 bridgehead atoms. The molecular weight excluding hydrogens is 218 g/mol. The topological polar surface area (TPSA) is 27.6 Å². The fourth-order valence-electron chi connectivity index (χ4n) is 1.29. The number of thioether (sulfide) groups is 1. The molecule has 4 heteroatoms. The Morgan fingerprint density at radius 3 is 2.56 bits per heavy atom. The molecule has 0 heterocycles. The molecule has 0 aromatic heterocycles. The first kappa shape index (κ1) is 12.9. The van der Waals surface area contributed by atoms with E-state index in [1.165, 1.54) is 4.90 Å². The van der Waals surface area contributed by atoms with Crippen LogP contribution in [0, 0.1) is 0 Å². The minimum atomic E-state index is 0.921. The van der Waals surface area contributed by atoms with Crippen LogP contribution in [0.2, 0.25) is 0 Å². The van der Waals surface area contributed by atoms with Gasteiger partial charge in [0, 0.05) is 38.3 Å². The van der Waals surface area contributed by atoms with Crippen LogP contribution in [0.15, 0.2) is 40.2 Å². The minimum Gasteiger partial charge on any atom is -0.355 e. The zero-order chi connectivity index (χ0) is 11.8. The van der Waals surface area contributed by atoms with Crippen molar-refractivity contribution in [1.29, 1.82) is 0 Å². The second kappa shape index (κ2) is 7.17. The summed E-state index contributed by atoms with van der Waals surface area (Å²) in [6, 6.07) is 10.4. The molecule has 16 heavy (non-hydrogen) atoms. The highest BCUT2D eigenvalue weighted by Gasteiger charge is 1.98. The maximum Gasteiger partial charge on any atom is 0.193 e. The van der Waals surface area contributed by atoms with Crippen molar-refractivity contribution in [2.75, 3.05) is 33.4 Å². The van der Waals surface area contributed by atoms with E-state index < -0.39 is 0 Å². The van der Waals surface area contributed by atoms with Gasteiger partial charge < -0.3 is 10.2 Å². The number of guanidine groups is 1. The number of hydrogen-bond donors (Lipinski definition) is 1. The lowest BCUT2D eigenvalue weighted by Gasteiger charge is -2.16. The summed E-state index contributed by atoms with van der Waals surface area (Å²) in [5.41, 5.74) is 0. The monoisotopic (exact) mass is 237 g/mol. The Morgan fingerprint density at radius 2 is 2.00 bits per heavy atom. The Labute approximate surface area is 102 Å². The van der Waals surface area contributed by atoms with Gasteiger partial charge in [-0.2, -0.15) is 0 Å². The molecule has 0 radical (unpaired) electrons. The molecule has 0 aliphatic heterocycles. The highest BCUT2D eigenvalue weighted by Crippen LogP contribution is 2.15. The second-order valence-electron chi connectivity index (χ2n) is 3.53. The number of nitrogens with one attached hydrogen (secondary N) is 1. The summed E-state index contributed by atoms with van der Waals surface area (Å²) < 4.78 is 0. The van der Waals surface area contributed by atoms with E-state index in [1.54, 1.807) is 7.05 Å². The van der Waals surface area contributed by atoms with E-state index in [4.69, 9.17) is 0 Å². The third-order valence-corrected chi connectivity index (χ3v) is 3.05. The van der Waals surface area contributed by atoms with E-state index in [0.717, 1.165) is 18.3 Å². The highest BCUT2D eigenvalue weighted by molar-refractivity contribution is 7.99. The third-order valence-electron chi connectivity index (χ3n) is 2.03. The van der Waals surface area contributed by atoms with E-state index in [1.807, 2.05) is 36.8 Å². The molecule has 3 nitrogen and oxygen atoms in total. The van der Waals surface area contributed by atoms with Crippen LogP contribution in [-0.4, -0.2) is 44.3 Å². The van der Waals surface area contributed by atoms with Crippen LogP contribution in [0.1, 0.15) is 0 Å². The van der Waals surface area contributed by atoms with Crippen molar-refractivity contribution in [3.05, 3.63) is 30.3 Å². The average molecular weight is 237 g/mol. The Balaban J connectivity index is 2.22. The Bertz CT molecular complexity index is 322. The lowest BCUT2D eigenvalue weighted by molar-refractivity contribution is 0.588. The first-order valence-electron chi connectivity index (χ1n) is 5.30. The maximum atomic E-state index is 4.15. The van der Waals surface area contributed by atoms with Gasteiger partial charge in [-0.15, -0.1) is 11.8 Å². The first-order valence-corrected chi connectivity index (χ1v) is 6.28. The second-order valence-corrected chi connectivity index (χ2v) is 4.70. The zero-order valence-corrected chi connectivity index (χ0v) is 10.9. The van der Waals surface area contributed by atoms with Crippen LogP contribution in [-0.2, 0) is 0 Å².